The second-order valence-electron chi connectivity index (χ2n) is 4.76. The zero-order valence-corrected chi connectivity index (χ0v) is 12.9. The van der Waals surface area contributed by atoms with Crippen LogP contribution in [-0.2, 0) is 5.75 Å². The predicted octanol–water partition coefficient (Wildman–Crippen LogP) is 4.45. The van der Waals surface area contributed by atoms with Crippen molar-refractivity contribution in [3.63, 3.8) is 0 Å². The minimum absolute atomic E-state index is 0.251. The fraction of sp³-hybridized carbons (Fsp3) is 0.0556. The minimum Gasteiger partial charge on any atom is -0.255 e. The second-order valence-corrected chi connectivity index (χ2v) is 5.72. The van der Waals surface area contributed by atoms with Gasteiger partial charge in [0, 0.05) is 11.9 Å². The van der Waals surface area contributed by atoms with Crippen molar-refractivity contribution in [3.05, 3.63) is 77.7 Å². The Bertz CT molecular complexity index is 860. The zero-order chi connectivity index (χ0) is 16.1. The van der Waals surface area contributed by atoms with Gasteiger partial charge in [0.2, 0.25) is 0 Å². The van der Waals surface area contributed by atoms with Crippen molar-refractivity contribution >= 4 is 11.8 Å². The first-order valence-electron chi connectivity index (χ1n) is 6.96. The number of nitriles is 1. The molecule has 23 heavy (non-hydrogen) atoms. The average Bonchev–Trinajstić information content (AvgIpc) is 2.61. The van der Waals surface area contributed by atoms with Crippen molar-refractivity contribution in [1.29, 1.82) is 5.26 Å². The Morgan fingerprint density at radius 2 is 1.83 bits per heavy atom. The number of pyridine rings is 2. The molecule has 0 unspecified atom stereocenters. The third kappa shape index (κ3) is 3.55. The molecule has 3 nitrogen and oxygen atoms in total. The highest BCUT2D eigenvalue weighted by Gasteiger charge is 2.10. The van der Waals surface area contributed by atoms with Crippen molar-refractivity contribution in [2.24, 2.45) is 0 Å². The fourth-order valence-corrected chi connectivity index (χ4v) is 3.01. The minimum atomic E-state index is -0.251. The highest BCUT2D eigenvalue weighted by atomic mass is 32.2. The van der Waals surface area contributed by atoms with Gasteiger partial charge in [-0.1, -0.05) is 24.3 Å². The Hall–Kier alpha value is -2.71. The van der Waals surface area contributed by atoms with Gasteiger partial charge in [-0.2, -0.15) is 5.26 Å². The van der Waals surface area contributed by atoms with Crippen LogP contribution in [0.3, 0.4) is 0 Å². The summed E-state index contributed by atoms with van der Waals surface area (Å²) in [5, 5.41) is 9.82. The smallest absolute Gasteiger partial charge is 0.127 e. The van der Waals surface area contributed by atoms with Gasteiger partial charge in [0.25, 0.3) is 0 Å². The molecule has 0 radical (unpaired) electrons. The van der Waals surface area contributed by atoms with Crippen LogP contribution in [0.5, 0.6) is 0 Å². The van der Waals surface area contributed by atoms with Gasteiger partial charge in [0.15, 0.2) is 0 Å². The van der Waals surface area contributed by atoms with Crippen molar-refractivity contribution in [2.45, 2.75) is 10.8 Å². The lowest BCUT2D eigenvalue weighted by Gasteiger charge is -2.07. The molecule has 2 aromatic heterocycles. The Morgan fingerprint density at radius 1 is 1.00 bits per heavy atom. The Balaban J connectivity index is 1.89. The standard InChI is InChI=1S/C18H12FN3S/c19-15-6-2-1-5-14(15)12-23-18-13(11-20)8-9-17(22-18)16-7-3-4-10-21-16/h1-10H,12H2. The monoisotopic (exact) mass is 321 g/mol. The molecule has 0 amide bonds. The summed E-state index contributed by atoms with van der Waals surface area (Å²) in [5.41, 5.74) is 2.50. The number of hydrogen-bond acceptors (Lipinski definition) is 4. The normalized spacial score (nSPS) is 10.3. The van der Waals surface area contributed by atoms with Crippen LogP contribution in [0.2, 0.25) is 0 Å². The fourth-order valence-electron chi connectivity index (χ4n) is 2.05. The first-order valence-corrected chi connectivity index (χ1v) is 7.95. The SMILES string of the molecule is N#Cc1ccc(-c2ccccn2)nc1SCc1ccccc1F. The molecule has 112 valence electrons. The number of rotatable bonds is 4. The number of hydrogen-bond donors (Lipinski definition) is 0. The second kappa shape index (κ2) is 7.03. The van der Waals surface area contributed by atoms with Crippen molar-refractivity contribution < 1.29 is 4.39 Å². The molecular weight excluding hydrogens is 309 g/mol. The summed E-state index contributed by atoms with van der Waals surface area (Å²) >= 11 is 1.35. The van der Waals surface area contributed by atoms with Gasteiger partial charge in [0.05, 0.1) is 17.0 Å². The molecule has 0 N–H and O–H groups in total. The quantitative estimate of drug-likeness (QED) is 0.666. The summed E-state index contributed by atoms with van der Waals surface area (Å²) in [5.74, 6) is 0.166. The molecule has 0 bridgehead atoms. The van der Waals surface area contributed by atoms with Gasteiger partial charge in [-0.25, -0.2) is 9.37 Å². The zero-order valence-electron chi connectivity index (χ0n) is 12.1. The molecule has 1 aromatic carbocycles. The van der Waals surface area contributed by atoms with E-state index < -0.39 is 0 Å². The van der Waals surface area contributed by atoms with E-state index in [0.29, 0.717) is 27.6 Å². The highest BCUT2D eigenvalue weighted by Crippen LogP contribution is 2.27. The average molecular weight is 321 g/mol. The van der Waals surface area contributed by atoms with Gasteiger partial charge in [-0.05, 0) is 35.9 Å². The van der Waals surface area contributed by atoms with Gasteiger partial charge >= 0.3 is 0 Å². The number of nitrogens with zero attached hydrogens (tertiary/aromatic N) is 3. The van der Waals surface area contributed by atoms with Gasteiger partial charge in [-0.15, -0.1) is 11.8 Å². The van der Waals surface area contributed by atoms with E-state index in [0.717, 1.165) is 5.69 Å². The maximum absolute atomic E-state index is 13.7. The van der Waals surface area contributed by atoms with Crippen LogP contribution < -0.4 is 0 Å². The molecule has 0 fully saturated rings. The molecular formula is C18H12FN3S. The van der Waals surface area contributed by atoms with Crippen LogP contribution in [0, 0.1) is 17.1 Å². The molecule has 2 heterocycles. The van der Waals surface area contributed by atoms with Gasteiger partial charge in [-0.3, -0.25) is 4.98 Å². The number of benzene rings is 1. The van der Waals surface area contributed by atoms with Crippen molar-refractivity contribution in [1.82, 2.24) is 9.97 Å². The third-order valence-electron chi connectivity index (χ3n) is 3.23. The van der Waals surface area contributed by atoms with E-state index in [4.69, 9.17) is 0 Å². The summed E-state index contributed by atoms with van der Waals surface area (Å²) in [4.78, 5) is 8.78. The predicted molar refractivity (Wildman–Crippen MR) is 88.1 cm³/mol. The van der Waals surface area contributed by atoms with Crippen LogP contribution in [0.4, 0.5) is 4.39 Å². The van der Waals surface area contributed by atoms with E-state index in [1.54, 1.807) is 36.5 Å². The number of thioether (sulfide) groups is 1. The van der Waals surface area contributed by atoms with Crippen molar-refractivity contribution in [3.8, 4) is 17.5 Å². The van der Waals surface area contributed by atoms with Gasteiger partial charge < -0.3 is 0 Å². The summed E-state index contributed by atoms with van der Waals surface area (Å²) < 4.78 is 13.7. The van der Waals surface area contributed by atoms with Crippen LogP contribution in [0.25, 0.3) is 11.4 Å². The lowest BCUT2D eigenvalue weighted by Crippen LogP contribution is -1.94. The molecule has 0 atom stereocenters. The summed E-state index contributed by atoms with van der Waals surface area (Å²) in [6, 6.07) is 17.8. The van der Waals surface area contributed by atoms with E-state index in [2.05, 4.69) is 16.0 Å². The number of halogens is 1. The van der Waals surface area contributed by atoms with Crippen LogP contribution >= 0.6 is 11.8 Å². The van der Waals surface area contributed by atoms with E-state index in [1.165, 1.54) is 17.8 Å². The largest absolute Gasteiger partial charge is 0.255 e. The van der Waals surface area contributed by atoms with Crippen LogP contribution in [0.15, 0.2) is 65.8 Å². The lowest BCUT2D eigenvalue weighted by molar-refractivity contribution is 0.617. The molecule has 0 spiro atoms. The molecule has 3 aromatic rings. The van der Waals surface area contributed by atoms with Crippen LogP contribution in [-0.4, -0.2) is 9.97 Å². The Kier molecular flexibility index (Phi) is 4.65. The Morgan fingerprint density at radius 3 is 2.57 bits per heavy atom. The molecule has 0 saturated carbocycles. The van der Waals surface area contributed by atoms with E-state index >= 15 is 0 Å². The first-order chi connectivity index (χ1) is 11.3. The van der Waals surface area contributed by atoms with Gasteiger partial charge in [0.1, 0.15) is 16.9 Å². The van der Waals surface area contributed by atoms with Crippen LogP contribution in [0.1, 0.15) is 11.1 Å². The summed E-state index contributed by atoms with van der Waals surface area (Å²) in [7, 11) is 0. The molecule has 0 saturated heterocycles. The molecule has 0 aliphatic heterocycles. The van der Waals surface area contributed by atoms with E-state index in [1.807, 2.05) is 18.2 Å². The first kappa shape index (κ1) is 15.2. The highest BCUT2D eigenvalue weighted by molar-refractivity contribution is 7.98. The molecule has 0 aliphatic carbocycles. The molecule has 0 aliphatic rings. The third-order valence-corrected chi connectivity index (χ3v) is 4.27. The van der Waals surface area contributed by atoms with Crippen molar-refractivity contribution in [2.75, 3.05) is 0 Å². The number of aromatic nitrogens is 2. The maximum atomic E-state index is 13.7. The Labute approximate surface area is 137 Å². The summed E-state index contributed by atoms with van der Waals surface area (Å²) in [6.07, 6.45) is 1.70. The lowest BCUT2D eigenvalue weighted by atomic mass is 10.2. The maximum Gasteiger partial charge on any atom is 0.127 e. The topological polar surface area (TPSA) is 49.6 Å². The summed E-state index contributed by atoms with van der Waals surface area (Å²) in [6.45, 7) is 0. The van der Waals surface area contributed by atoms with E-state index in [-0.39, 0.29) is 5.82 Å². The van der Waals surface area contributed by atoms with E-state index in [9.17, 15) is 9.65 Å². The molecule has 3 rings (SSSR count). The molecule has 5 heteroatoms.